The fourth-order valence-electron chi connectivity index (χ4n) is 2.80. The molecule has 30 heavy (non-hydrogen) atoms. The van der Waals surface area contributed by atoms with Crippen LogP contribution in [0.15, 0.2) is 44.7 Å². The average Bonchev–Trinajstić information content (AvgIpc) is 3.25. The van der Waals surface area contributed by atoms with E-state index in [1.807, 2.05) is 54.8 Å². The first-order chi connectivity index (χ1) is 14.1. The number of carbonyl (C=O) groups is 1. The SMILES string of the molecule is Cc1cc(C=C(C#N)C(=O)Nc2nnc(S(C)(=O)=O)s2)c(C)n1-c1ccc(Br)cc1. The maximum absolute atomic E-state index is 12.5. The van der Waals surface area contributed by atoms with Gasteiger partial charge in [0.25, 0.3) is 5.91 Å². The van der Waals surface area contributed by atoms with Gasteiger partial charge in [-0.15, -0.1) is 10.2 Å². The van der Waals surface area contributed by atoms with Crippen molar-refractivity contribution in [1.29, 1.82) is 5.26 Å². The Morgan fingerprint density at radius 3 is 2.50 bits per heavy atom. The van der Waals surface area contributed by atoms with Crippen molar-refractivity contribution in [3.63, 3.8) is 0 Å². The summed E-state index contributed by atoms with van der Waals surface area (Å²) < 4.78 is 25.8. The van der Waals surface area contributed by atoms with Gasteiger partial charge in [0.05, 0.1) is 0 Å². The number of nitrogens with one attached hydrogen (secondary N) is 1. The zero-order valence-electron chi connectivity index (χ0n) is 16.2. The number of anilines is 1. The predicted molar refractivity (Wildman–Crippen MR) is 118 cm³/mol. The Labute approximate surface area is 185 Å². The van der Waals surface area contributed by atoms with Crippen molar-refractivity contribution in [3.8, 4) is 11.8 Å². The number of amides is 1. The van der Waals surface area contributed by atoms with Gasteiger partial charge in [0.15, 0.2) is 0 Å². The molecule has 154 valence electrons. The highest BCUT2D eigenvalue weighted by atomic mass is 79.9. The Balaban J connectivity index is 1.90. The van der Waals surface area contributed by atoms with Gasteiger partial charge in [-0.05, 0) is 55.8 Å². The number of carbonyl (C=O) groups excluding carboxylic acids is 1. The standard InChI is InChI=1S/C19H16BrN5O3S2/c1-11-8-13(12(2)25(11)16-6-4-15(20)5-7-16)9-14(10-21)17(26)22-18-23-24-19(29-18)30(3,27)28/h4-9H,1-3H3,(H,22,23,26). The van der Waals surface area contributed by atoms with Crippen molar-refractivity contribution >= 4 is 54.2 Å². The summed E-state index contributed by atoms with van der Waals surface area (Å²) in [7, 11) is -3.52. The molecule has 1 aromatic carbocycles. The number of hydrogen-bond donors (Lipinski definition) is 1. The topological polar surface area (TPSA) is 118 Å². The largest absolute Gasteiger partial charge is 0.318 e. The molecule has 3 aromatic rings. The van der Waals surface area contributed by atoms with Crippen molar-refractivity contribution in [2.45, 2.75) is 18.2 Å². The number of aryl methyl sites for hydroxylation is 1. The molecular weight excluding hydrogens is 490 g/mol. The fourth-order valence-corrected chi connectivity index (χ4v) is 4.57. The number of aromatic nitrogens is 3. The Bertz CT molecular complexity index is 1300. The Kier molecular flexibility index (Phi) is 6.21. The van der Waals surface area contributed by atoms with E-state index in [4.69, 9.17) is 0 Å². The lowest BCUT2D eigenvalue weighted by molar-refractivity contribution is -0.112. The molecule has 0 spiro atoms. The molecule has 0 saturated heterocycles. The van der Waals surface area contributed by atoms with E-state index in [0.29, 0.717) is 0 Å². The summed E-state index contributed by atoms with van der Waals surface area (Å²) in [4.78, 5) is 12.5. The highest BCUT2D eigenvalue weighted by Crippen LogP contribution is 2.25. The molecule has 1 N–H and O–H groups in total. The fraction of sp³-hybridized carbons (Fsp3) is 0.158. The molecule has 3 rings (SSSR count). The Morgan fingerprint density at radius 1 is 1.27 bits per heavy atom. The van der Waals surface area contributed by atoms with Crippen LogP contribution in [0.3, 0.4) is 0 Å². The summed E-state index contributed by atoms with van der Waals surface area (Å²) in [6.07, 6.45) is 2.49. The molecule has 0 bridgehead atoms. The lowest BCUT2D eigenvalue weighted by Gasteiger charge is -2.09. The quantitative estimate of drug-likeness (QED) is 0.321. The summed E-state index contributed by atoms with van der Waals surface area (Å²) >= 11 is 4.14. The summed E-state index contributed by atoms with van der Waals surface area (Å²) in [5.41, 5.74) is 3.35. The molecule has 0 aliphatic rings. The van der Waals surface area contributed by atoms with Crippen LogP contribution in [0.5, 0.6) is 0 Å². The van der Waals surface area contributed by atoms with Crippen molar-refractivity contribution in [2.24, 2.45) is 0 Å². The van der Waals surface area contributed by atoms with E-state index < -0.39 is 15.7 Å². The van der Waals surface area contributed by atoms with Crippen LogP contribution in [0.25, 0.3) is 11.8 Å². The second kappa shape index (κ2) is 8.51. The monoisotopic (exact) mass is 505 g/mol. The molecule has 0 unspecified atom stereocenters. The normalized spacial score (nSPS) is 11.9. The second-order valence-electron chi connectivity index (χ2n) is 6.41. The van der Waals surface area contributed by atoms with Crippen LogP contribution < -0.4 is 5.32 Å². The van der Waals surface area contributed by atoms with Crippen LogP contribution in [-0.2, 0) is 14.6 Å². The molecule has 0 fully saturated rings. The lowest BCUT2D eigenvalue weighted by atomic mass is 10.1. The first kappa shape index (κ1) is 21.9. The van der Waals surface area contributed by atoms with Crippen LogP contribution in [0.2, 0.25) is 0 Å². The van der Waals surface area contributed by atoms with Gasteiger partial charge in [-0.2, -0.15) is 5.26 Å². The lowest BCUT2D eigenvalue weighted by Crippen LogP contribution is -2.13. The van der Waals surface area contributed by atoms with Gasteiger partial charge >= 0.3 is 0 Å². The summed E-state index contributed by atoms with van der Waals surface area (Å²) in [5, 5.41) is 19.1. The van der Waals surface area contributed by atoms with Crippen LogP contribution >= 0.6 is 27.3 Å². The van der Waals surface area contributed by atoms with Crippen LogP contribution in [0.4, 0.5) is 5.13 Å². The van der Waals surface area contributed by atoms with E-state index in [9.17, 15) is 18.5 Å². The molecular formula is C19H16BrN5O3S2. The van der Waals surface area contributed by atoms with E-state index in [1.165, 1.54) is 6.08 Å². The van der Waals surface area contributed by atoms with Crippen molar-refractivity contribution in [1.82, 2.24) is 14.8 Å². The minimum absolute atomic E-state index is 0.00177. The van der Waals surface area contributed by atoms with Crippen molar-refractivity contribution in [2.75, 3.05) is 11.6 Å². The molecule has 0 aliphatic carbocycles. The van der Waals surface area contributed by atoms with Gasteiger partial charge in [0, 0.05) is 27.8 Å². The van der Waals surface area contributed by atoms with Crippen LogP contribution in [0, 0.1) is 25.2 Å². The zero-order valence-corrected chi connectivity index (χ0v) is 19.4. The first-order valence-electron chi connectivity index (χ1n) is 8.51. The molecule has 0 atom stereocenters. The van der Waals surface area contributed by atoms with Crippen molar-refractivity contribution in [3.05, 3.63) is 57.3 Å². The number of halogens is 1. The van der Waals surface area contributed by atoms with Crippen molar-refractivity contribution < 1.29 is 13.2 Å². The third-order valence-corrected chi connectivity index (χ3v) is 7.20. The maximum atomic E-state index is 12.5. The van der Waals surface area contributed by atoms with Gasteiger partial charge in [0.1, 0.15) is 11.6 Å². The molecule has 2 heterocycles. The number of nitrogens with zero attached hydrogens (tertiary/aromatic N) is 4. The molecule has 1 amide bonds. The molecule has 0 saturated carbocycles. The Morgan fingerprint density at radius 2 is 1.93 bits per heavy atom. The van der Waals surface area contributed by atoms with Gasteiger partial charge < -0.3 is 4.57 Å². The average molecular weight is 506 g/mol. The molecule has 8 nitrogen and oxygen atoms in total. The number of benzene rings is 1. The van der Waals surface area contributed by atoms with E-state index in [0.717, 1.165) is 44.7 Å². The molecule has 0 aliphatic heterocycles. The van der Waals surface area contributed by atoms with E-state index in [1.54, 1.807) is 0 Å². The minimum atomic E-state index is -3.52. The number of rotatable bonds is 5. The predicted octanol–water partition coefficient (Wildman–Crippen LogP) is 3.66. The summed E-state index contributed by atoms with van der Waals surface area (Å²) in [6.45, 7) is 3.84. The molecule has 0 radical (unpaired) electrons. The molecule has 11 heteroatoms. The minimum Gasteiger partial charge on any atom is -0.318 e. The first-order valence-corrected chi connectivity index (χ1v) is 12.0. The smallest absolute Gasteiger partial charge is 0.268 e. The maximum Gasteiger partial charge on any atom is 0.268 e. The van der Waals surface area contributed by atoms with Crippen LogP contribution in [0.1, 0.15) is 17.0 Å². The highest BCUT2D eigenvalue weighted by Gasteiger charge is 2.18. The number of nitriles is 1. The number of hydrogen-bond acceptors (Lipinski definition) is 7. The van der Waals surface area contributed by atoms with Gasteiger partial charge in [-0.3, -0.25) is 10.1 Å². The third kappa shape index (κ3) is 4.67. The van der Waals surface area contributed by atoms with Crippen LogP contribution in [-0.4, -0.2) is 35.3 Å². The summed E-state index contributed by atoms with van der Waals surface area (Å²) in [6, 6.07) is 11.6. The summed E-state index contributed by atoms with van der Waals surface area (Å²) in [5.74, 6) is -0.692. The highest BCUT2D eigenvalue weighted by molar-refractivity contribution is 9.10. The van der Waals surface area contributed by atoms with Gasteiger partial charge in [0.2, 0.25) is 19.3 Å². The Hall–Kier alpha value is -2.81. The van der Waals surface area contributed by atoms with E-state index in [-0.39, 0.29) is 15.0 Å². The van der Waals surface area contributed by atoms with E-state index >= 15 is 0 Å². The number of sulfone groups is 1. The van der Waals surface area contributed by atoms with E-state index in [2.05, 4.69) is 31.4 Å². The van der Waals surface area contributed by atoms with Gasteiger partial charge in [-0.1, -0.05) is 27.3 Å². The zero-order chi connectivity index (χ0) is 22.1. The second-order valence-corrected chi connectivity index (χ2v) is 10.5. The molecule has 2 aromatic heterocycles. The van der Waals surface area contributed by atoms with Gasteiger partial charge in [-0.25, -0.2) is 8.42 Å². The third-order valence-electron chi connectivity index (χ3n) is 4.16.